The van der Waals surface area contributed by atoms with E-state index in [1.807, 2.05) is 29.9 Å². The number of fused-ring (bicyclic) bond motifs is 3. The second-order valence-electron chi connectivity index (χ2n) is 6.23. The Bertz CT molecular complexity index is 872. The molecule has 1 aliphatic rings. The summed E-state index contributed by atoms with van der Waals surface area (Å²) >= 11 is 0. The van der Waals surface area contributed by atoms with E-state index in [1.165, 1.54) is 5.69 Å². The van der Waals surface area contributed by atoms with Crippen LogP contribution in [0.2, 0.25) is 0 Å². The first-order valence-corrected chi connectivity index (χ1v) is 7.72. The van der Waals surface area contributed by atoms with Gasteiger partial charge in [-0.3, -0.25) is 4.79 Å². The Morgan fingerprint density at radius 2 is 2.09 bits per heavy atom. The molecule has 1 aromatic carbocycles. The smallest absolute Gasteiger partial charge is 0.168 e. The number of para-hydroxylation sites is 1. The van der Waals surface area contributed by atoms with E-state index in [9.17, 15) is 4.79 Å². The third-order valence-corrected chi connectivity index (χ3v) is 4.79. The average Bonchev–Trinajstić information content (AvgIpc) is 3.05. The molecule has 0 N–H and O–H groups in total. The van der Waals surface area contributed by atoms with Gasteiger partial charge in [0.1, 0.15) is 0 Å². The maximum Gasteiger partial charge on any atom is 0.168 e. The molecule has 3 aromatic rings. The van der Waals surface area contributed by atoms with Crippen molar-refractivity contribution in [1.82, 2.24) is 14.1 Å². The van der Waals surface area contributed by atoms with Crippen LogP contribution in [0.5, 0.6) is 0 Å². The summed E-state index contributed by atoms with van der Waals surface area (Å²) < 4.78 is 4.12. The number of imidazole rings is 1. The summed E-state index contributed by atoms with van der Waals surface area (Å²) in [6.07, 6.45) is 6.41. The van der Waals surface area contributed by atoms with Crippen molar-refractivity contribution in [3.05, 3.63) is 53.7 Å². The van der Waals surface area contributed by atoms with Crippen molar-refractivity contribution in [2.45, 2.75) is 19.3 Å². The Morgan fingerprint density at radius 1 is 1.27 bits per heavy atom. The van der Waals surface area contributed by atoms with Crippen LogP contribution in [-0.4, -0.2) is 19.9 Å². The van der Waals surface area contributed by atoms with Crippen LogP contribution in [0.1, 0.15) is 28.2 Å². The van der Waals surface area contributed by atoms with E-state index in [4.69, 9.17) is 0 Å². The molecule has 0 saturated heterocycles. The van der Waals surface area contributed by atoms with Gasteiger partial charge in [0.15, 0.2) is 5.78 Å². The van der Waals surface area contributed by atoms with Crippen molar-refractivity contribution in [3.8, 4) is 0 Å². The molecule has 0 fully saturated rings. The van der Waals surface area contributed by atoms with E-state index in [-0.39, 0.29) is 11.7 Å². The summed E-state index contributed by atoms with van der Waals surface area (Å²) in [5.41, 5.74) is 4.28. The fourth-order valence-electron chi connectivity index (χ4n) is 3.68. The molecule has 22 heavy (non-hydrogen) atoms. The molecule has 0 amide bonds. The lowest BCUT2D eigenvalue weighted by atomic mass is 9.82. The van der Waals surface area contributed by atoms with Crippen LogP contribution in [-0.2, 0) is 26.9 Å². The van der Waals surface area contributed by atoms with Gasteiger partial charge in [0.2, 0.25) is 0 Å². The van der Waals surface area contributed by atoms with E-state index in [0.717, 1.165) is 41.4 Å². The first-order valence-electron chi connectivity index (χ1n) is 7.72. The lowest BCUT2D eigenvalue weighted by Crippen LogP contribution is -2.25. The van der Waals surface area contributed by atoms with Gasteiger partial charge >= 0.3 is 0 Å². The molecule has 4 heteroatoms. The number of benzene rings is 1. The first kappa shape index (κ1) is 13.3. The van der Waals surface area contributed by atoms with Crippen molar-refractivity contribution >= 4 is 16.7 Å². The van der Waals surface area contributed by atoms with Crippen LogP contribution in [0.25, 0.3) is 10.9 Å². The number of carbonyl (C=O) groups is 1. The van der Waals surface area contributed by atoms with Gasteiger partial charge in [-0.1, -0.05) is 18.2 Å². The number of Topliss-reactive ketones (excluding diaryl/α,β-unsaturated/α-hetero) is 1. The highest BCUT2D eigenvalue weighted by Crippen LogP contribution is 2.34. The molecule has 2 heterocycles. The van der Waals surface area contributed by atoms with Crippen LogP contribution in [0.15, 0.2) is 36.8 Å². The van der Waals surface area contributed by atoms with Gasteiger partial charge < -0.3 is 9.13 Å². The number of carbonyl (C=O) groups excluding carboxylic acids is 1. The summed E-state index contributed by atoms with van der Waals surface area (Å²) in [5.74, 6) is 0.330. The van der Waals surface area contributed by atoms with E-state index in [0.29, 0.717) is 0 Å². The number of rotatable bonds is 2. The molecule has 1 unspecified atom stereocenters. The van der Waals surface area contributed by atoms with Crippen molar-refractivity contribution in [1.29, 1.82) is 0 Å². The Kier molecular flexibility index (Phi) is 2.93. The summed E-state index contributed by atoms with van der Waals surface area (Å²) in [4.78, 5) is 17.4. The normalized spacial score (nSPS) is 17.9. The molecular formula is C18H19N3O. The van der Waals surface area contributed by atoms with E-state index in [2.05, 4.69) is 28.7 Å². The lowest BCUT2D eigenvalue weighted by molar-refractivity contribution is 0.0901. The molecular weight excluding hydrogens is 274 g/mol. The Hall–Kier alpha value is -2.36. The highest BCUT2D eigenvalue weighted by molar-refractivity contribution is 6.11. The maximum atomic E-state index is 13.0. The second kappa shape index (κ2) is 4.83. The Morgan fingerprint density at radius 3 is 2.86 bits per heavy atom. The van der Waals surface area contributed by atoms with Gasteiger partial charge in [-0.25, -0.2) is 4.98 Å². The number of aromatic nitrogens is 3. The van der Waals surface area contributed by atoms with Gasteiger partial charge in [-0.2, -0.15) is 0 Å². The zero-order chi connectivity index (χ0) is 15.3. The molecule has 2 aromatic heterocycles. The van der Waals surface area contributed by atoms with Crippen LogP contribution in [0, 0.1) is 5.92 Å². The number of nitrogens with zero attached hydrogens (tertiary/aromatic N) is 3. The fourth-order valence-corrected chi connectivity index (χ4v) is 3.68. The van der Waals surface area contributed by atoms with Crippen molar-refractivity contribution in [3.63, 3.8) is 0 Å². The standard InChI is InChI=1S/C18H19N3O/c1-20-10-13(19-11-20)9-12-7-8-16-17(18(12)22)14-5-3-4-6-15(14)21(16)2/h3-6,10-12H,7-9H2,1-2H3. The second-order valence-corrected chi connectivity index (χ2v) is 6.23. The first-order chi connectivity index (χ1) is 10.6. The van der Waals surface area contributed by atoms with E-state index < -0.39 is 0 Å². The van der Waals surface area contributed by atoms with Crippen LogP contribution in [0.3, 0.4) is 0 Å². The van der Waals surface area contributed by atoms with Crippen molar-refractivity contribution in [2.75, 3.05) is 0 Å². The van der Waals surface area contributed by atoms with Crippen LogP contribution < -0.4 is 0 Å². The van der Waals surface area contributed by atoms with Crippen molar-refractivity contribution < 1.29 is 4.79 Å². The summed E-state index contributed by atoms with van der Waals surface area (Å²) in [6.45, 7) is 0. The number of hydrogen-bond acceptors (Lipinski definition) is 2. The molecule has 4 nitrogen and oxygen atoms in total. The third kappa shape index (κ3) is 1.90. The predicted molar refractivity (Wildman–Crippen MR) is 86.0 cm³/mol. The monoisotopic (exact) mass is 293 g/mol. The predicted octanol–water partition coefficient (Wildman–Crippen LogP) is 2.90. The molecule has 112 valence electrons. The molecule has 0 aliphatic heterocycles. The molecule has 1 aliphatic carbocycles. The van der Waals surface area contributed by atoms with Crippen molar-refractivity contribution in [2.24, 2.45) is 20.0 Å². The highest BCUT2D eigenvalue weighted by Gasteiger charge is 2.32. The van der Waals surface area contributed by atoms with E-state index >= 15 is 0 Å². The Labute approximate surface area is 129 Å². The quantitative estimate of drug-likeness (QED) is 0.729. The molecule has 0 bridgehead atoms. The topological polar surface area (TPSA) is 39.8 Å². The van der Waals surface area contributed by atoms with Gasteiger partial charge in [-0.05, 0) is 18.9 Å². The maximum absolute atomic E-state index is 13.0. The van der Waals surface area contributed by atoms with Gasteiger partial charge in [0.05, 0.1) is 12.0 Å². The van der Waals surface area contributed by atoms with Crippen LogP contribution >= 0.6 is 0 Å². The SMILES string of the molecule is Cn1cnc(CC2CCc3c(c4ccccc4n3C)C2=O)c1. The number of aryl methyl sites for hydroxylation is 2. The molecule has 0 spiro atoms. The molecule has 1 atom stereocenters. The average molecular weight is 293 g/mol. The minimum atomic E-state index is 0.0493. The minimum Gasteiger partial charge on any atom is -0.347 e. The zero-order valence-corrected chi connectivity index (χ0v) is 12.9. The summed E-state index contributed by atoms with van der Waals surface area (Å²) in [5, 5.41) is 1.09. The Balaban J connectivity index is 1.75. The largest absolute Gasteiger partial charge is 0.347 e. The van der Waals surface area contributed by atoms with Gasteiger partial charge in [0.25, 0.3) is 0 Å². The number of ketones is 1. The summed E-state index contributed by atoms with van der Waals surface area (Å²) in [7, 11) is 4.02. The molecule has 0 saturated carbocycles. The minimum absolute atomic E-state index is 0.0493. The van der Waals surface area contributed by atoms with E-state index in [1.54, 1.807) is 6.33 Å². The fraction of sp³-hybridized carbons (Fsp3) is 0.333. The van der Waals surface area contributed by atoms with Crippen LogP contribution in [0.4, 0.5) is 0 Å². The van der Waals surface area contributed by atoms with Gasteiger partial charge in [-0.15, -0.1) is 0 Å². The highest BCUT2D eigenvalue weighted by atomic mass is 16.1. The zero-order valence-electron chi connectivity index (χ0n) is 12.9. The lowest BCUT2D eigenvalue weighted by Gasteiger charge is -2.21. The van der Waals surface area contributed by atoms with Gasteiger partial charge in [0, 0.05) is 54.8 Å². The molecule has 0 radical (unpaired) electrons. The number of hydrogen-bond donors (Lipinski definition) is 0. The molecule has 4 rings (SSSR count). The third-order valence-electron chi connectivity index (χ3n) is 4.79. The summed E-state index contributed by atoms with van der Waals surface area (Å²) in [6, 6.07) is 8.20.